The maximum Gasteiger partial charge on any atom is 0.472 e. The van der Waals surface area contributed by atoms with Gasteiger partial charge in [-0.2, -0.15) is 0 Å². The van der Waals surface area contributed by atoms with E-state index in [-0.39, 0.29) is 25.7 Å². The van der Waals surface area contributed by atoms with Crippen LogP contribution in [0.1, 0.15) is 432 Å². The Labute approximate surface area is 607 Å². The Kier molecular flexibility index (Phi) is 72.9. The van der Waals surface area contributed by atoms with Crippen LogP contribution in [0.2, 0.25) is 0 Å². The van der Waals surface area contributed by atoms with E-state index in [2.05, 4.69) is 27.7 Å². The second-order valence-corrected chi connectivity index (χ2v) is 31.7. The number of hydrogen-bond acceptors (Lipinski definition) is 15. The number of carbonyl (C=O) groups excluding carboxylic acids is 4. The number of carbonyl (C=O) groups is 4. The molecule has 3 N–H and O–H groups in total. The van der Waals surface area contributed by atoms with Gasteiger partial charge in [0.05, 0.1) is 26.4 Å². The summed E-state index contributed by atoms with van der Waals surface area (Å²) in [5.41, 5.74) is 0. The molecule has 2 unspecified atom stereocenters. The van der Waals surface area contributed by atoms with Gasteiger partial charge in [-0.1, -0.05) is 381 Å². The van der Waals surface area contributed by atoms with E-state index in [0.717, 1.165) is 89.9 Å². The van der Waals surface area contributed by atoms with Crippen molar-refractivity contribution in [3.05, 3.63) is 0 Å². The Bertz CT molecular complexity index is 1880. The molecule has 0 spiro atoms. The molecule has 0 aromatic heterocycles. The zero-order chi connectivity index (χ0) is 72.5. The highest BCUT2D eigenvalue weighted by Crippen LogP contribution is 2.45. The van der Waals surface area contributed by atoms with Crippen LogP contribution >= 0.6 is 15.6 Å². The zero-order valence-corrected chi connectivity index (χ0v) is 66.3. The van der Waals surface area contributed by atoms with Crippen LogP contribution < -0.4 is 0 Å². The summed E-state index contributed by atoms with van der Waals surface area (Å²) >= 11 is 0. The van der Waals surface area contributed by atoms with E-state index in [1.165, 1.54) is 263 Å². The standard InChI is InChI=1S/C80H156O17P2/c1-5-9-13-17-21-25-28-31-33-34-35-36-37-38-39-41-44-47-51-55-59-63-67-80(85)97-76(71-91-78(83)65-61-57-53-49-45-43-40-32-29-26-22-18-14-10-6-2)73-95-99(88,89)93-69-74(81)68-92-98(86,87)94-72-75(70-90-77(82)64-60-56-52-48-24-20-16-12-8-4)96-79(84)66-62-58-54-50-46-42-30-27-23-19-15-11-7-3/h74-76,81H,5-73H2,1-4H3,(H,86,87)(H,88,89)/t74-,75+,76+/m0/s1. The molecule has 588 valence electrons. The van der Waals surface area contributed by atoms with Crippen molar-refractivity contribution < 1.29 is 80.2 Å². The van der Waals surface area contributed by atoms with E-state index < -0.39 is 97.5 Å². The van der Waals surface area contributed by atoms with Gasteiger partial charge in [0.15, 0.2) is 12.2 Å². The van der Waals surface area contributed by atoms with Crippen LogP contribution in [0.3, 0.4) is 0 Å². The predicted octanol–water partition coefficient (Wildman–Crippen LogP) is 24.2. The average molecular weight is 1450 g/mol. The van der Waals surface area contributed by atoms with Crippen LogP contribution in [0.25, 0.3) is 0 Å². The Balaban J connectivity index is 5.18. The zero-order valence-electron chi connectivity index (χ0n) is 64.5. The number of esters is 4. The van der Waals surface area contributed by atoms with Gasteiger partial charge in [0, 0.05) is 25.7 Å². The number of unbranched alkanes of at least 4 members (excludes halogenated alkanes) is 55. The lowest BCUT2D eigenvalue weighted by molar-refractivity contribution is -0.161. The molecule has 19 heteroatoms. The minimum absolute atomic E-state index is 0.108. The second kappa shape index (κ2) is 74.3. The first-order chi connectivity index (χ1) is 48.2. The minimum Gasteiger partial charge on any atom is -0.462 e. The van der Waals surface area contributed by atoms with Gasteiger partial charge in [-0.25, -0.2) is 9.13 Å². The normalized spacial score (nSPS) is 13.8. The van der Waals surface area contributed by atoms with Crippen molar-refractivity contribution in [3.8, 4) is 0 Å². The Hall–Kier alpha value is -1.94. The molecule has 0 radical (unpaired) electrons. The first kappa shape index (κ1) is 97.1. The van der Waals surface area contributed by atoms with Crippen molar-refractivity contribution >= 4 is 39.5 Å². The third kappa shape index (κ3) is 74.1. The van der Waals surface area contributed by atoms with Gasteiger partial charge in [0.2, 0.25) is 0 Å². The van der Waals surface area contributed by atoms with Crippen LogP contribution in [0.5, 0.6) is 0 Å². The Morgan fingerprint density at radius 3 is 0.596 bits per heavy atom. The van der Waals surface area contributed by atoms with Crippen molar-refractivity contribution in [1.29, 1.82) is 0 Å². The second-order valence-electron chi connectivity index (χ2n) is 28.8. The Morgan fingerprint density at radius 2 is 0.404 bits per heavy atom. The molecule has 0 fully saturated rings. The van der Waals surface area contributed by atoms with Gasteiger partial charge in [-0.05, 0) is 25.7 Å². The van der Waals surface area contributed by atoms with Crippen LogP contribution in [0.15, 0.2) is 0 Å². The molecule has 0 aliphatic heterocycles. The van der Waals surface area contributed by atoms with Gasteiger partial charge in [-0.3, -0.25) is 37.3 Å². The number of ether oxygens (including phenoxy) is 4. The van der Waals surface area contributed by atoms with E-state index in [1.54, 1.807) is 0 Å². The highest BCUT2D eigenvalue weighted by Gasteiger charge is 2.30. The van der Waals surface area contributed by atoms with E-state index in [4.69, 9.17) is 37.0 Å². The SMILES string of the molecule is CCCCCCCCCCCCCCCCCCCCCCCCC(=O)O[C@H](COC(=O)CCCCCCCCCCCCCCCCC)COP(=O)(O)OC[C@@H](O)COP(=O)(O)OC[C@@H](COC(=O)CCCCCCCCCCC)OC(=O)CCCCCCCCCCCCCCC. The van der Waals surface area contributed by atoms with Gasteiger partial charge < -0.3 is 33.8 Å². The number of phosphoric ester groups is 2. The van der Waals surface area contributed by atoms with E-state index >= 15 is 0 Å². The predicted molar refractivity (Wildman–Crippen MR) is 405 cm³/mol. The van der Waals surface area contributed by atoms with Gasteiger partial charge in [0.1, 0.15) is 19.3 Å². The molecule has 0 aliphatic rings. The topological polar surface area (TPSA) is 237 Å². The molecule has 0 rings (SSSR count). The third-order valence-electron chi connectivity index (χ3n) is 18.9. The number of aliphatic hydroxyl groups excluding tert-OH is 1. The third-order valence-corrected chi connectivity index (χ3v) is 20.8. The summed E-state index contributed by atoms with van der Waals surface area (Å²) in [6, 6.07) is 0. The average Bonchev–Trinajstić information content (AvgIpc) is 1.18. The van der Waals surface area contributed by atoms with Crippen molar-refractivity contribution in [2.45, 2.75) is 451 Å². The van der Waals surface area contributed by atoms with Gasteiger partial charge in [0.25, 0.3) is 0 Å². The summed E-state index contributed by atoms with van der Waals surface area (Å²) in [4.78, 5) is 72.9. The minimum atomic E-state index is -4.96. The van der Waals surface area contributed by atoms with Crippen LogP contribution in [-0.4, -0.2) is 96.7 Å². The largest absolute Gasteiger partial charge is 0.472 e. The monoisotopic (exact) mass is 1450 g/mol. The lowest BCUT2D eigenvalue weighted by Gasteiger charge is -2.21. The fourth-order valence-corrected chi connectivity index (χ4v) is 14.0. The van der Waals surface area contributed by atoms with Crippen LogP contribution in [0.4, 0.5) is 0 Å². The quantitative estimate of drug-likeness (QED) is 0.0222. The van der Waals surface area contributed by atoms with Crippen molar-refractivity contribution in [2.24, 2.45) is 0 Å². The molecule has 5 atom stereocenters. The van der Waals surface area contributed by atoms with Crippen molar-refractivity contribution in [1.82, 2.24) is 0 Å². The summed E-state index contributed by atoms with van der Waals surface area (Å²) in [6.07, 6.45) is 66.7. The highest BCUT2D eigenvalue weighted by atomic mass is 31.2. The molecule has 99 heavy (non-hydrogen) atoms. The molecule has 0 amide bonds. The number of aliphatic hydroxyl groups is 1. The molecule has 0 saturated carbocycles. The molecule has 17 nitrogen and oxygen atoms in total. The lowest BCUT2D eigenvalue weighted by Crippen LogP contribution is -2.30. The summed E-state index contributed by atoms with van der Waals surface area (Å²) in [5, 5.41) is 10.6. The fraction of sp³-hybridized carbons (Fsp3) is 0.950. The van der Waals surface area contributed by atoms with Crippen LogP contribution in [0, 0.1) is 0 Å². The van der Waals surface area contributed by atoms with Gasteiger partial charge >= 0.3 is 39.5 Å². The molecule has 0 aliphatic carbocycles. The molecule has 0 heterocycles. The molecule has 0 aromatic carbocycles. The smallest absolute Gasteiger partial charge is 0.462 e. The summed E-state index contributed by atoms with van der Waals surface area (Å²) in [5.74, 6) is -2.11. The first-order valence-electron chi connectivity index (χ1n) is 41.8. The molecule has 0 aromatic rings. The van der Waals surface area contributed by atoms with Crippen LogP contribution in [-0.2, 0) is 65.4 Å². The maximum atomic E-state index is 13.1. The van der Waals surface area contributed by atoms with E-state index in [9.17, 15) is 43.2 Å². The van der Waals surface area contributed by atoms with Gasteiger partial charge in [-0.15, -0.1) is 0 Å². The Morgan fingerprint density at radius 1 is 0.242 bits per heavy atom. The molecule has 0 bridgehead atoms. The van der Waals surface area contributed by atoms with Crippen molar-refractivity contribution in [2.75, 3.05) is 39.6 Å². The molecular formula is C80H156O17P2. The fourth-order valence-electron chi connectivity index (χ4n) is 12.5. The summed E-state index contributed by atoms with van der Waals surface area (Å²) < 4.78 is 68.6. The first-order valence-corrected chi connectivity index (χ1v) is 44.8. The lowest BCUT2D eigenvalue weighted by atomic mass is 10.0. The number of hydrogen-bond donors (Lipinski definition) is 3. The number of phosphoric acid groups is 2. The molecular weight excluding hydrogens is 1290 g/mol. The van der Waals surface area contributed by atoms with E-state index in [0.29, 0.717) is 25.7 Å². The summed E-state index contributed by atoms with van der Waals surface area (Å²) in [7, 11) is -9.91. The maximum absolute atomic E-state index is 13.1. The van der Waals surface area contributed by atoms with E-state index in [1.807, 2.05) is 0 Å². The highest BCUT2D eigenvalue weighted by molar-refractivity contribution is 7.47. The number of rotatable bonds is 81. The molecule has 0 saturated heterocycles. The summed E-state index contributed by atoms with van der Waals surface area (Å²) in [6.45, 7) is 5.00. The van der Waals surface area contributed by atoms with Crippen molar-refractivity contribution in [3.63, 3.8) is 0 Å².